The van der Waals surface area contributed by atoms with Gasteiger partial charge in [0.1, 0.15) is 16.8 Å². The maximum Gasteiger partial charge on any atom is 0.410 e. The number of benzene rings is 2. The number of hydrogen-bond acceptors (Lipinski definition) is 12. The van der Waals surface area contributed by atoms with Crippen molar-refractivity contribution >= 4 is 28.4 Å². The fraction of sp³-hybridized carbons (Fsp3) is 0.741. The van der Waals surface area contributed by atoms with Crippen LogP contribution in [0.15, 0.2) is 60.7 Å². The summed E-state index contributed by atoms with van der Waals surface area (Å²) < 4.78 is 43.5. The van der Waals surface area contributed by atoms with Crippen molar-refractivity contribution in [3.8, 4) is 0 Å². The van der Waals surface area contributed by atoms with E-state index in [1.165, 1.54) is 49.9 Å². The Balaban J connectivity index is 0.000000225. The van der Waals surface area contributed by atoms with Gasteiger partial charge in [-0.05, 0) is 193 Å². The monoisotopic (exact) mass is 1050 g/mol. The second kappa shape index (κ2) is 28.4. The summed E-state index contributed by atoms with van der Waals surface area (Å²) in [4.78, 5) is 44.4. The number of nitrogens with zero attached hydrogens (tertiary/aromatic N) is 4. The summed E-state index contributed by atoms with van der Waals surface area (Å²) in [5.74, 6) is 0. The van der Waals surface area contributed by atoms with E-state index in [9.17, 15) is 22.8 Å². The SMILES string of the molecule is CC(C)(C)OC(=O)N1CCC2(CCN(Cc3ccccc3)CC2)CC1.CC(C)(C)OC(=O)N1CCC2(CCNCC2)CC1.CCCC1(CCOS(C)(=O)=O)CCN(C(=O)OC(C)(C)C)CC1.NCc1ccccc1. The van der Waals surface area contributed by atoms with E-state index in [1.807, 2.05) is 102 Å². The second-order valence-electron chi connectivity index (χ2n) is 24.6. The van der Waals surface area contributed by atoms with Gasteiger partial charge in [-0.2, -0.15) is 8.42 Å². The maximum atomic E-state index is 12.2. The molecule has 0 radical (unpaired) electrons. The quantitative estimate of drug-likeness (QED) is 0.180. The van der Waals surface area contributed by atoms with Gasteiger partial charge in [0.2, 0.25) is 0 Å². The van der Waals surface area contributed by atoms with Crippen molar-refractivity contribution in [2.45, 2.75) is 183 Å². The summed E-state index contributed by atoms with van der Waals surface area (Å²) in [5, 5.41) is 3.42. The van der Waals surface area contributed by atoms with Crippen molar-refractivity contribution in [3.63, 3.8) is 0 Å². The first-order valence-corrected chi connectivity index (χ1v) is 29.5. The number of carbonyl (C=O) groups is 3. The third-order valence-electron chi connectivity index (χ3n) is 15.0. The van der Waals surface area contributed by atoms with Crippen LogP contribution in [0.25, 0.3) is 0 Å². The first kappa shape index (κ1) is 62.6. The minimum atomic E-state index is -3.40. The molecule has 16 heteroatoms. The first-order valence-electron chi connectivity index (χ1n) is 27.6. The second-order valence-corrected chi connectivity index (χ2v) is 26.3. The fourth-order valence-electron chi connectivity index (χ4n) is 10.6. The Hall–Kier alpha value is -3.96. The summed E-state index contributed by atoms with van der Waals surface area (Å²) in [6, 6.07) is 20.7. The molecule has 5 saturated heterocycles. The van der Waals surface area contributed by atoms with E-state index >= 15 is 0 Å². The zero-order valence-electron chi connectivity index (χ0n) is 47.6. The molecular weight excluding hydrogens is 957 g/mol. The Labute approximate surface area is 447 Å². The number of ether oxygens (including phenoxy) is 3. The van der Waals surface area contributed by atoms with Crippen molar-refractivity contribution in [1.82, 2.24) is 24.9 Å². The van der Waals surface area contributed by atoms with Crippen molar-refractivity contribution in [2.75, 3.05) is 78.3 Å². The van der Waals surface area contributed by atoms with Crippen LogP contribution in [0.3, 0.4) is 0 Å². The standard InChI is InChI=1S/C21H32N2O2.C16H31NO5S.C14H26N2O2.C7H9N/c1-20(2,3)25-19(24)23-15-11-21(12-16-23)9-13-22(14-10-21)17-18-7-5-4-6-8-18;1-6-7-16(10-13-21-23(5,19)20)8-11-17(12-9-16)14(18)22-15(2,3)4;1-13(2,3)18-12(17)16-10-6-14(7-11-16)4-8-15-9-5-14;8-6-7-4-2-1-3-5-7/h4-8H,9-17H2,1-3H3;6-13H2,1-5H3;15H,4-11H2,1-3H3;1-5H,6,8H2. The average Bonchev–Trinajstić information content (AvgIpc) is 3.33. The lowest BCUT2D eigenvalue weighted by molar-refractivity contribution is -0.00331. The molecule has 0 atom stereocenters. The minimum absolute atomic E-state index is 0.0535. The van der Waals surface area contributed by atoms with Crippen molar-refractivity contribution in [3.05, 3.63) is 71.8 Å². The van der Waals surface area contributed by atoms with Crippen LogP contribution >= 0.6 is 0 Å². The molecule has 0 bridgehead atoms. The molecule has 5 heterocycles. The lowest BCUT2D eigenvalue weighted by Crippen LogP contribution is -2.49. The van der Waals surface area contributed by atoms with E-state index in [0.29, 0.717) is 36.9 Å². The van der Waals surface area contributed by atoms with E-state index < -0.39 is 21.3 Å². The number of rotatable bonds is 9. The molecule has 0 aliphatic carbocycles. The van der Waals surface area contributed by atoms with E-state index in [4.69, 9.17) is 24.1 Å². The van der Waals surface area contributed by atoms with Crippen LogP contribution in [-0.2, 0) is 41.6 Å². The summed E-state index contributed by atoms with van der Waals surface area (Å²) in [6.07, 6.45) is 14.5. The summed E-state index contributed by atoms with van der Waals surface area (Å²) in [5.41, 5.74) is 7.63. The fourth-order valence-corrected chi connectivity index (χ4v) is 11.0. The molecule has 3 N–H and O–H groups in total. The van der Waals surface area contributed by atoms with Crippen LogP contribution in [0, 0.1) is 16.2 Å². The molecule has 0 aromatic heterocycles. The van der Waals surface area contributed by atoms with Gasteiger partial charge in [0.05, 0.1) is 12.9 Å². The molecule has 0 unspecified atom stereocenters. The van der Waals surface area contributed by atoms with Gasteiger partial charge < -0.3 is 40.0 Å². The zero-order valence-corrected chi connectivity index (χ0v) is 48.4. The third kappa shape index (κ3) is 23.1. The molecule has 2 spiro atoms. The summed E-state index contributed by atoms with van der Waals surface area (Å²) in [7, 11) is -3.40. The molecule has 0 saturated carbocycles. The van der Waals surface area contributed by atoms with E-state index in [2.05, 4.69) is 47.5 Å². The maximum absolute atomic E-state index is 12.2. The molecule has 420 valence electrons. The highest BCUT2D eigenvalue weighted by molar-refractivity contribution is 7.85. The lowest BCUT2D eigenvalue weighted by atomic mass is 9.71. The average molecular weight is 1060 g/mol. The Morgan fingerprint density at radius 2 is 0.919 bits per heavy atom. The Bertz CT molecular complexity index is 2060. The molecule has 5 aliphatic heterocycles. The zero-order chi connectivity index (χ0) is 54.7. The Morgan fingerprint density at radius 1 is 0.554 bits per heavy atom. The van der Waals surface area contributed by atoms with Crippen molar-refractivity contribution in [1.29, 1.82) is 0 Å². The largest absolute Gasteiger partial charge is 0.444 e. The molecular formula is C58H98N6O9S. The van der Waals surface area contributed by atoms with Gasteiger partial charge in [-0.25, -0.2) is 14.4 Å². The minimum Gasteiger partial charge on any atom is -0.444 e. The number of carbonyl (C=O) groups excluding carboxylic acids is 3. The molecule has 3 amide bonds. The highest BCUT2D eigenvalue weighted by Gasteiger charge is 2.41. The van der Waals surface area contributed by atoms with Crippen LogP contribution in [-0.4, -0.2) is 141 Å². The van der Waals surface area contributed by atoms with Crippen LogP contribution in [0.4, 0.5) is 14.4 Å². The number of piperidine rings is 5. The highest BCUT2D eigenvalue weighted by Crippen LogP contribution is 2.43. The van der Waals surface area contributed by atoms with E-state index in [1.54, 1.807) is 4.90 Å². The predicted octanol–water partition coefficient (Wildman–Crippen LogP) is 11.0. The van der Waals surface area contributed by atoms with Gasteiger partial charge in [-0.3, -0.25) is 9.08 Å². The Morgan fingerprint density at radius 3 is 1.27 bits per heavy atom. The Kier molecular flexibility index (Phi) is 24.0. The predicted molar refractivity (Wildman–Crippen MR) is 296 cm³/mol. The molecule has 2 aromatic rings. The number of nitrogens with one attached hydrogen (secondary N) is 1. The number of likely N-dealkylation sites (tertiary alicyclic amines) is 4. The van der Waals surface area contributed by atoms with Crippen LogP contribution < -0.4 is 11.1 Å². The molecule has 15 nitrogen and oxygen atoms in total. The third-order valence-corrected chi connectivity index (χ3v) is 15.6. The lowest BCUT2D eigenvalue weighted by Gasteiger charge is -2.46. The van der Waals surface area contributed by atoms with E-state index in [-0.39, 0.29) is 35.9 Å². The highest BCUT2D eigenvalue weighted by atomic mass is 32.2. The number of nitrogens with two attached hydrogens (primary N) is 1. The summed E-state index contributed by atoms with van der Waals surface area (Å²) >= 11 is 0. The van der Waals surface area contributed by atoms with Gasteiger partial charge in [0, 0.05) is 52.4 Å². The number of amides is 3. The van der Waals surface area contributed by atoms with Gasteiger partial charge in [0.15, 0.2) is 0 Å². The van der Waals surface area contributed by atoms with Gasteiger partial charge in [-0.15, -0.1) is 0 Å². The molecule has 74 heavy (non-hydrogen) atoms. The van der Waals surface area contributed by atoms with E-state index in [0.717, 1.165) is 103 Å². The summed E-state index contributed by atoms with van der Waals surface area (Å²) in [6.45, 7) is 30.4. The smallest absolute Gasteiger partial charge is 0.410 e. The van der Waals surface area contributed by atoms with Crippen LogP contribution in [0.1, 0.15) is 164 Å². The van der Waals surface area contributed by atoms with Crippen molar-refractivity contribution in [2.24, 2.45) is 22.0 Å². The van der Waals surface area contributed by atoms with Crippen molar-refractivity contribution < 1.29 is 41.2 Å². The molecule has 7 rings (SSSR count). The van der Waals surface area contributed by atoms with Gasteiger partial charge >= 0.3 is 18.3 Å². The van der Waals surface area contributed by atoms with Gasteiger partial charge in [-0.1, -0.05) is 74.0 Å². The molecule has 5 fully saturated rings. The molecule has 5 aliphatic rings. The number of hydrogen-bond donors (Lipinski definition) is 2. The van der Waals surface area contributed by atoms with Crippen LogP contribution in [0.5, 0.6) is 0 Å². The van der Waals surface area contributed by atoms with Crippen LogP contribution in [0.2, 0.25) is 0 Å². The first-order chi connectivity index (χ1) is 34.7. The molecule has 2 aromatic carbocycles. The topological polar surface area (TPSA) is 173 Å². The normalized spacial score (nSPS) is 19.9. The van der Waals surface area contributed by atoms with Gasteiger partial charge in [0.25, 0.3) is 10.1 Å².